The van der Waals surface area contributed by atoms with Gasteiger partial charge >= 0.3 is 0 Å². The fourth-order valence-electron chi connectivity index (χ4n) is 1.92. The van der Waals surface area contributed by atoms with Crippen LogP contribution in [0.3, 0.4) is 0 Å². The molecule has 0 aliphatic carbocycles. The van der Waals surface area contributed by atoms with Crippen molar-refractivity contribution in [3.8, 4) is 0 Å². The fourth-order valence-corrected chi connectivity index (χ4v) is 1.92. The maximum atomic E-state index is 11.1. The van der Waals surface area contributed by atoms with Gasteiger partial charge in [-0.1, -0.05) is 17.7 Å². The molecular formula is C15H17N3O. The Morgan fingerprint density at radius 3 is 2.26 bits per heavy atom. The highest BCUT2D eigenvalue weighted by Crippen LogP contribution is 2.29. The zero-order valence-corrected chi connectivity index (χ0v) is 11.1. The van der Waals surface area contributed by atoms with Crippen molar-refractivity contribution >= 4 is 23.0 Å². The molecule has 0 aliphatic rings. The summed E-state index contributed by atoms with van der Waals surface area (Å²) in [7, 11) is 1.93. The van der Waals surface area contributed by atoms with Gasteiger partial charge in [0.05, 0.1) is 11.4 Å². The summed E-state index contributed by atoms with van der Waals surface area (Å²) in [4.78, 5) is 13.1. The highest BCUT2D eigenvalue weighted by molar-refractivity contribution is 5.95. The van der Waals surface area contributed by atoms with Crippen LogP contribution in [0.2, 0.25) is 0 Å². The molecule has 0 radical (unpaired) electrons. The van der Waals surface area contributed by atoms with E-state index in [9.17, 15) is 4.79 Å². The minimum atomic E-state index is -0.476. The summed E-state index contributed by atoms with van der Waals surface area (Å²) in [5, 5.41) is 0. The third kappa shape index (κ3) is 2.68. The summed E-state index contributed by atoms with van der Waals surface area (Å²) in [5.41, 5.74) is 15.2. The van der Waals surface area contributed by atoms with E-state index in [-0.39, 0.29) is 0 Å². The number of amides is 1. The number of rotatable bonds is 3. The Kier molecular flexibility index (Phi) is 3.42. The van der Waals surface area contributed by atoms with Crippen molar-refractivity contribution in [2.75, 3.05) is 17.7 Å². The van der Waals surface area contributed by atoms with Gasteiger partial charge in [0.2, 0.25) is 5.91 Å². The maximum Gasteiger partial charge on any atom is 0.248 e. The number of nitrogens with two attached hydrogens (primary N) is 2. The van der Waals surface area contributed by atoms with Crippen molar-refractivity contribution in [2.24, 2.45) is 5.73 Å². The van der Waals surface area contributed by atoms with Gasteiger partial charge in [-0.05, 0) is 37.3 Å². The third-order valence-corrected chi connectivity index (χ3v) is 3.09. The highest BCUT2D eigenvalue weighted by Gasteiger charge is 2.09. The summed E-state index contributed by atoms with van der Waals surface area (Å²) < 4.78 is 0. The van der Waals surface area contributed by atoms with Crippen molar-refractivity contribution in [1.82, 2.24) is 0 Å². The van der Waals surface area contributed by atoms with Crippen molar-refractivity contribution in [3.05, 3.63) is 53.6 Å². The number of nitrogen functional groups attached to an aromatic ring is 1. The predicted molar refractivity (Wildman–Crippen MR) is 78.6 cm³/mol. The molecule has 4 nitrogen and oxygen atoms in total. The molecule has 0 saturated carbocycles. The van der Waals surface area contributed by atoms with Crippen LogP contribution < -0.4 is 16.4 Å². The lowest BCUT2D eigenvalue weighted by molar-refractivity contribution is 0.100. The van der Waals surface area contributed by atoms with E-state index in [0.717, 1.165) is 11.4 Å². The lowest BCUT2D eigenvalue weighted by atomic mass is 10.1. The second-order valence-electron chi connectivity index (χ2n) is 4.53. The topological polar surface area (TPSA) is 72.3 Å². The van der Waals surface area contributed by atoms with Crippen molar-refractivity contribution in [2.45, 2.75) is 6.92 Å². The van der Waals surface area contributed by atoms with Crippen LogP contribution in [0.4, 0.5) is 17.1 Å². The second-order valence-corrected chi connectivity index (χ2v) is 4.53. The Labute approximate surface area is 112 Å². The van der Waals surface area contributed by atoms with Crippen molar-refractivity contribution in [3.63, 3.8) is 0 Å². The molecule has 2 aromatic carbocycles. The molecule has 0 aliphatic heterocycles. The first-order chi connectivity index (χ1) is 8.99. The number of primary amides is 1. The van der Waals surface area contributed by atoms with Gasteiger partial charge in [-0.2, -0.15) is 0 Å². The minimum Gasteiger partial charge on any atom is -0.397 e. The molecule has 0 heterocycles. The maximum absolute atomic E-state index is 11.1. The van der Waals surface area contributed by atoms with Gasteiger partial charge in [-0.25, -0.2) is 0 Å². The molecular weight excluding hydrogens is 238 g/mol. The molecule has 0 saturated heterocycles. The Balaban J connectivity index is 2.36. The second kappa shape index (κ2) is 5.02. The first-order valence-corrected chi connectivity index (χ1v) is 5.99. The zero-order valence-electron chi connectivity index (χ0n) is 11.1. The van der Waals surface area contributed by atoms with Crippen molar-refractivity contribution in [1.29, 1.82) is 0 Å². The number of aryl methyl sites for hydroxylation is 1. The SMILES string of the molecule is Cc1ccc(N(C)c2ccc(C(N)=O)cc2N)cc1. The average molecular weight is 255 g/mol. The van der Waals surface area contributed by atoms with E-state index in [1.165, 1.54) is 5.56 Å². The minimum absolute atomic E-state index is 0.415. The molecule has 0 spiro atoms. The number of anilines is 3. The first-order valence-electron chi connectivity index (χ1n) is 5.99. The van der Waals surface area contributed by atoms with Gasteiger partial charge in [-0.3, -0.25) is 4.79 Å². The predicted octanol–water partition coefficient (Wildman–Crippen LogP) is 2.44. The standard InChI is InChI=1S/C15H17N3O/c1-10-3-6-12(7-4-10)18(2)14-8-5-11(15(17)19)9-13(14)16/h3-9H,16H2,1-2H3,(H2,17,19). The van der Waals surface area contributed by atoms with Gasteiger partial charge in [0.15, 0.2) is 0 Å². The third-order valence-electron chi connectivity index (χ3n) is 3.09. The Hall–Kier alpha value is -2.49. The monoisotopic (exact) mass is 255 g/mol. The van der Waals surface area contributed by atoms with Gasteiger partial charge in [0.1, 0.15) is 0 Å². The van der Waals surface area contributed by atoms with Crippen LogP contribution in [0.25, 0.3) is 0 Å². The smallest absolute Gasteiger partial charge is 0.248 e. The largest absolute Gasteiger partial charge is 0.397 e. The van der Waals surface area contributed by atoms with Crippen LogP contribution in [-0.2, 0) is 0 Å². The lowest BCUT2D eigenvalue weighted by Crippen LogP contribution is -2.14. The zero-order chi connectivity index (χ0) is 14.0. The highest BCUT2D eigenvalue weighted by atomic mass is 16.1. The van der Waals surface area contributed by atoms with E-state index in [0.29, 0.717) is 11.3 Å². The summed E-state index contributed by atoms with van der Waals surface area (Å²) in [6, 6.07) is 13.2. The quantitative estimate of drug-likeness (QED) is 0.827. The van der Waals surface area contributed by atoms with E-state index in [1.54, 1.807) is 18.2 Å². The van der Waals surface area contributed by atoms with E-state index in [2.05, 4.69) is 0 Å². The van der Waals surface area contributed by atoms with Crippen LogP contribution in [0.15, 0.2) is 42.5 Å². The number of benzene rings is 2. The molecule has 4 heteroatoms. The molecule has 0 fully saturated rings. The molecule has 2 aromatic rings. The first kappa shape index (κ1) is 13.0. The molecule has 0 atom stereocenters. The van der Waals surface area contributed by atoms with Gasteiger partial charge in [0.25, 0.3) is 0 Å². The average Bonchev–Trinajstić information content (AvgIpc) is 2.38. The number of carbonyl (C=O) groups is 1. The summed E-state index contributed by atoms with van der Waals surface area (Å²) in [6.07, 6.45) is 0. The number of hydrogen-bond acceptors (Lipinski definition) is 3. The number of hydrogen-bond donors (Lipinski definition) is 2. The molecule has 98 valence electrons. The van der Waals surface area contributed by atoms with Crippen LogP contribution in [0.5, 0.6) is 0 Å². The van der Waals surface area contributed by atoms with Gasteiger partial charge < -0.3 is 16.4 Å². The van der Waals surface area contributed by atoms with E-state index < -0.39 is 5.91 Å². The Morgan fingerprint density at radius 2 is 1.74 bits per heavy atom. The van der Waals surface area contributed by atoms with Gasteiger partial charge in [0, 0.05) is 18.3 Å². The lowest BCUT2D eigenvalue weighted by Gasteiger charge is -2.21. The summed E-state index contributed by atoms with van der Waals surface area (Å²) >= 11 is 0. The van der Waals surface area contributed by atoms with E-state index in [4.69, 9.17) is 11.5 Å². The van der Waals surface area contributed by atoms with Crippen LogP contribution in [0, 0.1) is 6.92 Å². The fraction of sp³-hybridized carbons (Fsp3) is 0.133. The summed E-state index contributed by atoms with van der Waals surface area (Å²) in [5.74, 6) is -0.476. The van der Waals surface area contributed by atoms with Gasteiger partial charge in [-0.15, -0.1) is 0 Å². The molecule has 1 amide bonds. The molecule has 0 bridgehead atoms. The van der Waals surface area contributed by atoms with Crippen LogP contribution >= 0.6 is 0 Å². The van der Waals surface area contributed by atoms with Crippen LogP contribution in [-0.4, -0.2) is 13.0 Å². The molecule has 0 aromatic heterocycles. The number of carbonyl (C=O) groups excluding carboxylic acids is 1. The van der Waals surface area contributed by atoms with E-state index >= 15 is 0 Å². The Morgan fingerprint density at radius 1 is 1.11 bits per heavy atom. The molecule has 0 unspecified atom stereocenters. The normalized spacial score (nSPS) is 10.2. The van der Waals surface area contributed by atoms with Crippen LogP contribution in [0.1, 0.15) is 15.9 Å². The molecule has 19 heavy (non-hydrogen) atoms. The molecule has 4 N–H and O–H groups in total. The number of nitrogens with zero attached hydrogens (tertiary/aromatic N) is 1. The van der Waals surface area contributed by atoms with Crippen molar-refractivity contribution < 1.29 is 4.79 Å². The molecule has 2 rings (SSSR count). The summed E-state index contributed by atoms with van der Waals surface area (Å²) in [6.45, 7) is 2.04. The Bertz CT molecular complexity index is 605. The van der Waals surface area contributed by atoms with E-state index in [1.807, 2.05) is 43.1 Å².